The molecular weight excluding hydrogens is 499 g/mol. The highest BCUT2D eigenvalue weighted by molar-refractivity contribution is 6.35. The van der Waals surface area contributed by atoms with Crippen molar-refractivity contribution < 1.29 is 19.1 Å². The number of rotatable bonds is 7. The lowest BCUT2D eigenvalue weighted by atomic mass is 10.0. The Morgan fingerprint density at radius 1 is 0.972 bits per heavy atom. The third-order valence-corrected chi connectivity index (χ3v) is 6.67. The molecule has 188 valence electrons. The molecule has 8 heteroatoms. The van der Waals surface area contributed by atoms with Gasteiger partial charge in [-0.1, -0.05) is 71.7 Å². The summed E-state index contributed by atoms with van der Waals surface area (Å²) < 4.78 is 11.3. The van der Waals surface area contributed by atoms with E-state index in [1.807, 2.05) is 62.4 Å². The van der Waals surface area contributed by atoms with E-state index in [2.05, 4.69) is 4.90 Å². The summed E-state index contributed by atoms with van der Waals surface area (Å²) in [7, 11) is 0. The molecule has 0 radical (unpaired) electrons. The van der Waals surface area contributed by atoms with Gasteiger partial charge in [0.25, 0.3) is 11.8 Å². The lowest BCUT2D eigenvalue weighted by Gasteiger charge is -2.37. The van der Waals surface area contributed by atoms with Crippen LogP contribution in [0.25, 0.3) is 0 Å². The first-order chi connectivity index (χ1) is 17.4. The van der Waals surface area contributed by atoms with Crippen LogP contribution in [0.15, 0.2) is 66.7 Å². The molecule has 3 aromatic rings. The topological polar surface area (TPSA) is 59.1 Å². The second-order valence-electron chi connectivity index (χ2n) is 8.63. The second kappa shape index (κ2) is 11.9. The molecule has 0 aliphatic carbocycles. The van der Waals surface area contributed by atoms with E-state index in [-0.39, 0.29) is 17.5 Å². The highest BCUT2D eigenvalue weighted by Gasteiger charge is 2.37. The Balaban J connectivity index is 1.72. The molecule has 1 heterocycles. The van der Waals surface area contributed by atoms with Gasteiger partial charge in [0.2, 0.25) is 0 Å². The smallest absolute Gasteiger partial charge is 0.271 e. The summed E-state index contributed by atoms with van der Waals surface area (Å²) >= 11 is 12.2. The maximum atomic E-state index is 14.3. The van der Waals surface area contributed by atoms with Gasteiger partial charge in [-0.05, 0) is 48.7 Å². The van der Waals surface area contributed by atoms with Crippen molar-refractivity contribution in [1.29, 1.82) is 0 Å². The standard InChI is InChI=1S/C28H28Cl2N2O4/c1-19-7-6-8-20(2)26(19)32(25(33)18-36-24-12-11-22(29)17-23(24)30)28(34)27(21-9-4-3-5-10-21)31-13-15-35-16-14-31/h3-12,17,27H,13-16,18H2,1-2H3/t27-/m0/s1. The number of para-hydroxylation sites is 1. The first kappa shape index (κ1) is 26.2. The average molecular weight is 527 g/mol. The Morgan fingerprint density at radius 2 is 1.64 bits per heavy atom. The first-order valence-corrected chi connectivity index (χ1v) is 12.5. The molecule has 0 spiro atoms. The zero-order chi connectivity index (χ0) is 25.7. The average Bonchev–Trinajstić information content (AvgIpc) is 2.87. The van der Waals surface area contributed by atoms with Crippen LogP contribution in [0.2, 0.25) is 10.0 Å². The molecule has 3 aromatic carbocycles. The SMILES string of the molecule is Cc1cccc(C)c1N(C(=O)COc1ccc(Cl)cc1Cl)C(=O)[C@H](c1ccccc1)N1CCOCC1. The van der Waals surface area contributed by atoms with Gasteiger partial charge in [-0.3, -0.25) is 14.5 Å². The molecule has 0 bridgehead atoms. The summed E-state index contributed by atoms with van der Waals surface area (Å²) in [4.78, 5) is 31.4. The minimum atomic E-state index is -0.655. The number of nitrogens with zero attached hydrogens (tertiary/aromatic N) is 2. The summed E-state index contributed by atoms with van der Waals surface area (Å²) in [6.07, 6.45) is 0. The lowest BCUT2D eigenvalue weighted by Crippen LogP contribution is -2.50. The van der Waals surface area contributed by atoms with Crippen molar-refractivity contribution in [1.82, 2.24) is 4.90 Å². The molecule has 1 fully saturated rings. The van der Waals surface area contributed by atoms with Crippen LogP contribution in [-0.4, -0.2) is 49.6 Å². The summed E-state index contributed by atoms with van der Waals surface area (Å²) in [5, 5.41) is 0.748. The van der Waals surface area contributed by atoms with E-state index in [9.17, 15) is 9.59 Å². The van der Waals surface area contributed by atoms with Crippen LogP contribution >= 0.6 is 23.2 Å². The Labute approximate surface area is 221 Å². The molecular formula is C28H28Cl2N2O4. The summed E-state index contributed by atoms with van der Waals surface area (Å²) in [6.45, 7) is 5.61. The van der Waals surface area contributed by atoms with Crippen LogP contribution in [0, 0.1) is 13.8 Å². The minimum Gasteiger partial charge on any atom is -0.482 e. The zero-order valence-electron chi connectivity index (χ0n) is 20.2. The van der Waals surface area contributed by atoms with Crippen molar-refractivity contribution in [2.45, 2.75) is 19.9 Å². The maximum absolute atomic E-state index is 14.3. The van der Waals surface area contributed by atoms with E-state index in [0.29, 0.717) is 42.8 Å². The first-order valence-electron chi connectivity index (χ1n) is 11.7. The fourth-order valence-electron chi connectivity index (χ4n) is 4.42. The van der Waals surface area contributed by atoms with Crippen molar-refractivity contribution in [3.05, 3.63) is 93.5 Å². The molecule has 4 rings (SSSR count). The molecule has 0 aromatic heterocycles. The number of anilines is 1. The molecule has 0 N–H and O–H groups in total. The van der Waals surface area contributed by atoms with Crippen molar-refractivity contribution in [2.24, 2.45) is 0 Å². The van der Waals surface area contributed by atoms with E-state index in [4.69, 9.17) is 32.7 Å². The largest absolute Gasteiger partial charge is 0.482 e. The van der Waals surface area contributed by atoms with Gasteiger partial charge in [-0.15, -0.1) is 0 Å². The molecule has 2 amide bonds. The third kappa shape index (κ3) is 5.90. The lowest BCUT2D eigenvalue weighted by molar-refractivity contribution is -0.132. The minimum absolute atomic E-state index is 0.288. The van der Waals surface area contributed by atoms with Gasteiger partial charge in [0, 0.05) is 18.1 Å². The normalized spacial score (nSPS) is 14.8. The molecule has 6 nitrogen and oxygen atoms in total. The van der Waals surface area contributed by atoms with Crippen LogP contribution in [0.5, 0.6) is 5.75 Å². The van der Waals surface area contributed by atoms with Crippen molar-refractivity contribution in [3.8, 4) is 5.75 Å². The number of carbonyl (C=O) groups excluding carboxylic acids is 2. The predicted molar refractivity (Wildman–Crippen MR) is 142 cm³/mol. The van der Waals surface area contributed by atoms with Crippen LogP contribution < -0.4 is 9.64 Å². The highest BCUT2D eigenvalue weighted by Crippen LogP contribution is 2.32. The molecule has 0 saturated carbocycles. The number of hydrogen-bond donors (Lipinski definition) is 0. The number of morpholine rings is 1. The molecule has 0 unspecified atom stereocenters. The fraction of sp³-hybridized carbons (Fsp3) is 0.286. The molecule has 1 atom stereocenters. The van der Waals surface area contributed by atoms with Crippen molar-refractivity contribution in [3.63, 3.8) is 0 Å². The maximum Gasteiger partial charge on any atom is 0.271 e. The summed E-state index contributed by atoms with van der Waals surface area (Å²) in [5.41, 5.74) is 3.01. The quantitative estimate of drug-likeness (QED) is 0.399. The van der Waals surface area contributed by atoms with Crippen LogP contribution in [0.3, 0.4) is 0 Å². The van der Waals surface area contributed by atoms with Gasteiger partial charge in [0.15, 0.2) is 6.61 Å². The van der Waals surface area contributed by atoms with E-state index in [0.717, 1.165) is 16.7 Å². The van der Waals surface area contributed by atoms with Gasteiger partial charge in [0.05, 0.1) is 23.9 Å². The number of imide groups is 1. The number of hydrogen-bond acceptors (Lipinski definition) is 5. The van der Waals surface area contributed by atoms with Crippen LogP contribution in [0.1, 0.15) is 22.7 Å². The Hall–Kier alpha value is -2.90. The van der Waals surface area contributed by atoms with Crippen molar-refractivity contribution >= 4 is 40.7 Å². The molecule has 1 saturated heterocycles. The van der Waals surface area contributed by atoms with Gasteiger partial charge in [-0.25, -0.2) is 4.90 Å². The van der Waals surface area contributed by atoms with E-state index in [1.165, 1.54) is 4.90 Å². The molecule has 1 aliphatic rings. The Bertz CT molecular complexity index is 1210. The Morgan fingerprint density at radius 3 is 2.28 bits per heavy atom. The van der Waals surface area contributed by atoms with Gasteiger partial charge in [-0.2, -0.15) is 0 Å². The van der Waals surface area contributed by atoms with Gasteiger partial charge >= 0.3 is 0 Å². The fourth-order valence-corrected chi connectivity index (χ4v) is 4.88. The molecule has 1 aliphatic heterocycles. The number of aryl methyl sites for hydroxylation is 2. The Kier molecular flexibility index (Phi) is 8.64. The van der Waals surface area contributed by atoms with Gasteiger partial charge in [0.1, 0.15) is 11.8 Å². The second-order valence-corrected chi connectivity index (χ2v) is 9.48. The zero-order valence-corrected chi connectivity index (χ0v) is 21.8. The monoisotopic (exact) mass is 526 g/mol. The number of amides is 2. The van der Waals surface area contributed by atoms with E-state index in [1.54, 1.807) is 18.2 Å². The van der Waals surface area contributed by atoms with E-state index >= 15 is 0 Å². The summed E-state index contributed by atoms with van der Waals surface area (Å²) in [5.74, 6) is -0.509. The van der Waals surface area contributed by atoms with E-state index < -0.39 is 11.9 Å². The van der Waals surface area contributed by atoms with Crippen LogP contribution in [0.4, 0.5) is 5.69 Å². The predicted octanol–water partition coefficient (Wildman–Crippen LogP) is 5.62. The number of halogens is 2. The number of benzene rings is 3. The summed E-state index contributed by atoms with van der Waals surface area (Å²) in [6, 6.07) is 19.3. The highest BCUT2D eigenvalue weighted by atomic mass is 35.5. The third-order valence-electron chi connectivity index (χ3n) is 6.14. The number of carbonyl (C=O) groups is 2. The number of ether oxygens (including phenoxy) is 2. The van der Waals surface area contributed by atoms with Gasteiger partial charge < -0.3 is 9.47 Å². The van der Waals surface area contributed by atoms with Crippen molar-refractivity contribution in [2.75, 3.05) is 37.8 Å². The molecule has 36 heavy (non-hydrogen) atoms. The van der Waals surface area contributed by atoms with Crippen LogP contribution in [-0.2, 0) is 14.3 Å².